The van der Waals surface area contributed by atoms with E-state index in [1.807, 2.05) is 42.5 Å². The number of ether oxygens (including phenoxy) is 1. The van der Waals surface area contributed by atoms with Crippen LogP contribution in [0.25, 0.3) is 0 Å². The number of likely N-dealkylation sites (tertiary alicyclic amines) is 1. The predicted octanol–water partition coefficient (Wildman–Crippen LogP) is 3.26. The first-order valence-corrected chi connectivity index (χ1v) is 11.7. The van der Waals surface area contributed by atoms with E-state index in [9.17, 15) is 9.90 Å². The summed E-state index contributed by atoms with van der Waals surface area (Å²) in [4.78, 5) is 15.5. The van der Waals surface area contributed by atoms with Crippen molar-refractivity contribution >= 4 is 5.91 Å². The van der Waals surface area contributed by atoms with Crippen molar-refractivity contribution in [3.8, 4) is 5.75 Å². The fraction of sp³-hybridized carbons (Fsp3) is 0.500. The summed E-state index contributed by atoms with van der Waals surface area (Å²) in [7, 11) is 0. The van der Waals surface area contributed by atoms with Crippen LogP contribution in [0.5, 0.6) is 5.75 Å². The Balaban J connectivity index is 1.31. The third-order valence-electron chi connectivity index (χ3n) is 7.92. The maximum atomic E-state index is 12.8. The molecule has 2 aliphatic carbocycles. The molecule has 4 atom stereocenters. The maximum absolute atomic E-state index is 12.8. The molecule has 162 valence electrons. The standard InChI is InChI=1S/C26H30N2O3/c29-21-9-8-19-12-23-24-26(22(19)13-21,10-11-28(23)15-17-6-7-17)14-20(16-31-24)27-25(30)18-4-2-1-3-5-18/h1-5,8-9,13,17,20,23-24,29H,6-7,10-12,14-16H2,(H,27,30)/t20?,23-,24?,26-/m1/s1. The zero-order valence-electron chi connectivity index (χ0n) is 17.8. The average molecular weight is 419 g/mol. The van der Waals surface area contributed by atoms with E-state index >= 15 is 0 Å². The number of carbonyl (C=O) groups is 1. The smallest absolute Gasteiger partial charge is 0.251 e. The van der Waals surface area contributed by atoms with Crippen LogP contribution in [0.4, 0.5) is 0 Å². The number of phenolic OH excluding ortho intramolecular Hbond substituents is 1. The number of hydrogen-bond acceptors (Lipinski definition) is 4. The summed E-state index contributed by atoms with van der Waals surface area (Å²) < 4.78 is 6.58. The van der Waals surface area contributed by atoms with Gasteiger partial charge in [-0.1, -0.05) is 24.3 Å². The average Bonchev–Trinajstić information content (AvgIpc) is 3.61. The highest BCUT2D eigenvalue weighted by molar-refractivity contribution is 5.94. The molecule has 2 saturated heterocycles. The molecule has 2 bridgehead atoms. The molecule has 31 heavy (non-hydrogen) atoms. The first-order valence-electron chi connectivity index (χ1n) is 11.7. The van der Waals surface area contributed by atoms with Crippen molar-refractivity contribution in [1.29, 1.82) is 0 Å². The molecule has 4 aliphatic rings. The number of nitrogens with one attached hydrogen (secondary N) is 1. The van der Waals surface area contributed by atoms with Gasteiger partial charge < -0.3 is 15.2 Å². The number of carbonyl (C=O) groups excluding carboxylic acids is 1. The maximum Gasteiger partial charge on any atom is 0.251 e. The van der Waals surface area contributed by atoms with Crippen LogP contribution in [-0.2, 0) is 16.6 Å². The van der Waals surface area contributed by atoms with E-state index < -0.39 is 0 Å². The molecular weight excluding hydrogens is 388 g/mol. The second-order valence-electron chi connectivity index (χ2n) is 9.95. The normalized spacial score (nSPS) is 32.1. The molecule has 1 saturated carbocycles. The second-order valence-corrected chi connectivity index (χ2v) is 9.95. The summed E-state index contributed by atoms with van der Waals surface area (Å²) >= 11 is 0. The molecule has 0 spiro atoms. The van der Waals surface area contributed by atoms with E-state index in [1.165, 1.54) is 30.5 Å². The van der Waals surface area contributed by atoms with Crippen molar-refractivity contribution in [2.45, 2.75) is 55.7 Å². The molecule has 6 rings (SSSR count). The van der Waals surface area contributed by atoms with Crippen LogP contribution in [0.2, 0.25) is 0 Å². The quantitative estimate of drug-likeness (QED) is 0.800. The number of nitrogens with zero attached hydrogens (tertiary/aromatic N) is 1. The predicted molar refractivity (Wildman–Crippen MR) is 118 cm³/mol. The van der Waals surface area contributed by atoms with Gasteiger partial charge in [0.05, 0.1) is 18.8 Å². The lowest BCUT2D eigenvalue weighted by atomic mass is 9.58. The van der Waals surface area contributed by atoms with Crippen LogP contribution in [0.1, 0.15) is 47.2 Å². The monoisotopic (exact) mass is 418 g/mol. The Morgan fingerprint density at radius 3 is 2.84 bits per heavy atom. The van der Waals surface area contributed by atoms with Crippen molar-refractivity contribution < 1.29 is 14.6 Å². The van der Waals surface area contributed by atoms with E-state index in [0.717, 1.165) is 31.7 Å². The zero-order chi connectivity index (χ0) is 21.0. The van der Waals surface area contributed by atoms with Gasteiger partial charge in [0.15, 0.2) is 0 Å². The first kappa shape index (κ1) is 19.3. The van der Waals surface area contributed by atoms with Gasteiger partial charge in [-0.2, -0.15) is 0 Å². The number of benzene rings is 2. The summed E-state index contributed by atoms with van der Waals surface area (Å²) in [5.74, 6) is 1.13. The Labute approximate surface area is 183 Å². The molecule has 0 radical (unpaired) electrons. The summed E-state index contributed by atoms with van der Waals surface area (Å²) in [5.41, 5.74) is 3.10. The van der Waals surface area contributed by atoms with E-state index in [2.05, 4.69) is 16.3 Å². The van der Waals surface area contributed by atoms with Crippen LogP contribution >= 0.6 is 0 Å². The molecule has 2 N–H and O–H groups in total. The Hall–Kier alpha value is -2.37. The van der Waals surface area contributed by atoms with E-state index in [-0.39, 0.29) is 23.5 Å². The van der Waals surface area contributed by atoms with Gasteiger partial charge in [-0.15, -0.1) is 0 Å². The van der Waals surface area contributed by atoms with Gasteiger partial charge in [-0.05, 0) is 80.0 Å². The van der Waals surface area contributed by atoms with E-state index in [1.54, 1.807) is 0 Å². The Morgan fingerprint density at radius 1 is 1.19 bits per heavy atom. The number of piperidine rings is 1. The fourth-order valence-electron chi connectivity index (χ4n) is 6.29. The third kappa shape index (κ3) is 3.35. The Morgan fingerprint density at radius 2 is 2.03 bits per heavy atom. The molecule has 2 heterocycles. The van der Waals surface area contributed by atoms with Crippen LogP contribution in [0.15, 0.2) is 48.5 Å². The summed E-state index contributed by atoms with van der Waals surface area (Å²) in [6, 6.07) is 15.6. The second kappa shape index (κ2) is 7.35. The minimum atomic E-state index is -0.149. The molecule has 3 fully saturated rings. The van der Waals surface area contributed by atoms with Gasteiger partial charge in [-0.25, -0.2) is 0 Å². The van der Waals surface area contributed by atoms with Gasteiger partial charge in [0.1, 0.15) is 5.75 Å². The Bertz CT molecular complexity index is 989. The first-order chi connectivity index (χ1) is 15.1. The van der Waals surface area contributed by atoms with Crippen LogP contribution < -0.4 is 5.32 Å². The van der Waals surface area contributed by atoms with Crippen molar-refractivity contribution in [2.24, 2.45) is 5.92 Å². The number of fused-ring (bicyclic) bond motifs is 1. The lowest BCUT2D eigenvalue weighted by Crippen LogP contribution is -2.68. The van der Waals surface area contributed by atoms with Gasteiger partial charge in [0, 0.05) is 23.6 Å². The summed E-state index contributed by atoms with van der Waals surface area (Å²) in [6.07, 6.45) is 5.69. The molecule has 2 aromatic rings. The SMILES string of the molecule is O=C(NC1COC2[C@H]3Cc4ccc(O)cc4[C@@]2(CCN3CC2CC2)C1)c1ccccc1. The molecule has 0 aromatic heterocycles. The minimum absolute atomic E-state index is 0.0344. The molecule has 1 amide bonds. The topological polar surface area (TPSA) is 61.8 Å². The number of hydrogen-bond donors (Lipinski definition) is 2. The van der Waals surface area contributed by atoms with Gasteiger partial charge in [0.2, 0.25) is 0 Å². The van der Waals surface area contributed by atoms with Gasteiger partial charge in [-0.3, -0.25) is 9.69 Å². The van der Waals surface area contributed by atoms with E-state index in [0.29, 0.717) is 24.0 Å². The summed E-state index contributed by atoms with van der Waals surface area (Å²) in [5, 5.41) is 13.5. The van der Waals surface area contributed by atoms with Gasteiger partial charge >= 0.3 is 0 Å². The van der Waals surface area contributed by atoms with E-state index in [4.69, 9.17) is 4.74 Å². The molecule has 2 aliphatic heterocycles. The largest absolute Gasteiger partial charge is 0.508 e. The highest BCUT2D eigenvalue weighted by Gasteiger charge is 2.57. The molecule has 2 aromatic carbocycles. The molecule has 5 nitrogen and oxygen atoms in total. The van der Waals surface area contributed by atoms with Crippen LogP contribution in [0, 0.1) is 5.92 Å². The van der Waals surface area contributed by atoms with Crippen LogP contribution in [-0.4, -0.2) is 53.8 Å². The molecule has 5 heteroatoms. The van der Waals surface area contributed by atoms with Crippen molar-refractivity contribution in [2.75, 3.05) is 19.7 Å². The number of aromatic hydroxyl groups is 1. The lowest BCUT2D eigenvalue weighted by molar-refractivity contribution is -0.136. The fourth-order valence-corrected chi connectivity index (χ4v) is 6.29. The molecule has 2 unspecified atom stereocenters. The molecular formula is C26H30N2O3. The Kier molecular flexibility index (Phi) is 4.58. The number of rotatable bonds is 4. The van der Waals surface area contributed by atoms with Crippen molar-refractivity contribution in [3.05, 3.63) is 65.2 Å². The zero-order valence-corrected chi connectivity index (χ0v) is 17.8. The summed E-state index contributed by atoms with van der Waals surface area (Å²) in [6.45, 7) is 2.80. The van der Waals surface area contributed by atoms with Gasteiger partial charge in [0.25, 0.3) is 5.91 Å². The highest BCUT2D eigenvalue weighted by Crippen LogP contribution is 2.52. The number of amides is 1. The van der Waals surface area contributed by atoms with Crippen molar-refractivity contribution in [1.82, 2.24) is 10.2 Å². The highest BCUT2D eigenvalue weighted by atomic mass is 16.5. The van der Waals surface area contributed by atoms with Crippen molar-refractivity contribution in [3.63, 3.8) is 0 Å². The number of phenols is 1. The minimum Gasteiger partial charge on any atom is -0.508 e. The van der Waals surface area contributed by atoms with Crippen LogP contribution in [0.3, 0.4) is 0 Å². The lowest BCUT2D eigenvalue weighted by Gasteiger charge is -2.59. The third-order valence-corrected chi connectivity index (χ3v) is 7.92.